The second-order valence-electron chi connectivity index (χ2n) is 8.61. The van der Waals surface area contributed by atoms with Crippen LogP contribution in [-0.2, 0) is 6.42 Å². The zero-order valence-electron chi connectivity index (χ0n) is 20.3. The molecule has 0 unspecified atom stereocenters. The van der Waals surface area contributed by atoms with Gasteiger partial charge in [0.15, 0.2) is 0 Å². The van der Waals surface area contributed by atoms with E-state index in [1.54, 1.807) is 0 Å². The molecule has 0 saturated heterocycles. The van der Waals surface area contributed by atoms with Gasteiger partial charge in [0.05, 0.1) is 12.2 Å². The monoisotopic (exact) mass is 522 g/mol. The molecule has 0 amide bonds. The minimum absolute atomic E-state index is 0.353. The third-order valence-corrected chi connectivity index (χ3v) is 6.60. The van der Waals surface area contributed by atoms with Crippen LogP contribution in [0, 0.1) is 0 Å². The number of benzene rings is 3. The third-order valence-electron chi connectivity index (χ3n) is 5.86. The van der Waals surface area contributed by atoms with Crippen molar-refractivity contribution in [3.63, 3.8) is 0 Å². The van der Waals surface area contributed by atoms with Gasteiger partial charge in [-0.1, -0.05) is 92.2 Å². The topological polar surface area (TPSA) is 35.5 Å². The highest BCUT2D eigenvalue weighted by Crippen LogP contribution is 2.26. The fourth-order valence-electron chi connectivity index (χ4n) is 3.79. The molecule has 0 aromatic heterocycles. The Morgan fingerprint density at radius 3 is 1.97 bits per heavy atom. The number of hydrogen-bond acceptors (Lipinski definition) is 3. The van der Waals surface area contributed by atoms with E-state index in [0.717, 1.165) is 47.2 Å². The molecule has 0 bridgehead atoms. The predicted molar refractivity (Wildman–Crippen MR) is 144 cm³/mol. The van der Waals surface area contributed by atoms with E-state index in [2.05, 4.69) is 41.9 Å². The van der Waals surface area contributed by atoms with Crippen LogP contribution in [0.2, 0.25) is 0 Å². The van der Waals surface area contributed by atoms with E-state index < -0.39 is 0 Å². The van der Waals surface area contributed by atoms with Gasteiger partial charge < -0.3 is 9.47 Å². The summed E-state index contributed by atoms with van der Waals surface area (Å²) in [7, 11) is 0. The number of carbonyl (C=O) groups is 1. The number of unbranched alkanes of at least 4 members (excludes halogenated alkanes) is 5. The molecule has 0 N–H and O–H groups in total. The van der Waals surface area contributed by atoms with Crippen LogP contribution in [0.4, 0.5) is 0 Å². The molecule has 180 valence electrons. The molecule has 3 rings (SSSR count). The van der Waals surface area contributed by atoms with E-state index in [0.29, 0.717) is 11.3 Å². The predicted octanol–water partition coefficient (Wildman–Crippen LogP) is 9.03. The summed E-state index contributed by atoms with van der Waals surface area (Å²) in [6, 6.07) is 21.4. The van der Waals surface area contributed by atoms with Gasteiger partial charge in [-0.15, -0.1) is 0 Å². The molecule has 4 heteroatoms. The number of esters is 1. The smallest absolute Gasteiger partial charge is 0.343 e. The van der Waals surface area contributed by atoms with Gasteiger partial charge in [-0.3, -0.25) is 0 Å². The average Bonchev–Trinajstić information content (AvgIpc) is 2.86. The normalized spacial score (nSPS) is 10.8. The highest BCUT2D eigenvalue weighted by Gasteiger charge is 2.11. The molecular weight excluding hydrogens is 488 g/mol. The van der Waals surface area contributed by atoms with Gasteiger partial charge in [0.1, 0.15) is 11.5 Å². The summed E-state index contributed by atoms with van der Waals surface area (Å²) in [6.45, 7) is 5.17. The summed E-state index contributed by atoms with van der Waals surface area (Å²) in [6.07, 6.45) is 9.37. The van der Waals surface area contributed by atoms with E-state index in [4.69, 9.17) is 9.47 Å². The van der Waals surface area contributed by atoms with Crippen LogP contribution in [0.15, 0.2) is 71.2 Å². The second kappa shape index (κ2) is 14.0. The van der Waals surface area contributed by atoms with Gasteiger partial charge >= 0.3 is 5.97 Å². The Morgan fingerprint density at radius 2 is 1.35 bits per heavy atom. The molecule has 0 heterocycles. The maximum Gasteiger partial charge on any atom is 0.343 e. The Hall–Kier alpha value is -2.59. The minimum atomic E-state index is -0.353. The molecule has 0 aliphatic carbocycles. The minimum Gasteiger partial charge on any atom is -0.494 e. The molecule has 3 nitrogen and oxygen atoms in total. The first-order valence-corrected chi connectivity index (χ1v) is 13.2. The Bertz CT molecular complexity index is 1030. The molecule has 0 aliphatic heterocycles. The number of ether oxygens (including phenoxy) is 2. The summed E-state index contributed by atoms with van der Waals surface area (Å²) >= 11 is 3.60. The van der Waals surface area contributed by atoms with E-state index in [9.17, 15) is 4.79 Å². The number of halogens is 1. The lowest BCUT2D eigenvalue weighted by Crippen LogP contribution is -2.08. The van der Waals surface area contributed by atoms with Crippen molar-refractivity contribution in [1.82, 2.24) is 0 Å². The summed E-state index contributed by atoms with van der Waals surface area (Å²) in [5.41, 5.74) is 3.93. The molecule has 0 fully saturated rings. The van der Waals surface area contributed by atoms with Crippen LogP contribution in [0.25, 0.3) is 11.1 Å². The Balaban J connectivity index is 1.54. The van der Waals surface area contributed by atoms with Gasteiger partial charge in [-0.25, -0.2) is 4.79 Å². The van der Waals surface area contributed by atoms with Crippen molar-refractivity contribution in [1.29, 1.82) is 0 Å². The maximum absolute atomic E-state index is 12.6. The number of carbonyl (C=O) groups excluding carboxylic acids is 1. The van der Waals surface area contributed by atoms with Gasteiger partial charge in [-0.05, 0) is 72.4 Å². The lowest BCUT2D eigenvalue weighted by Gasteiger charge is -2.09. The molecule has 0 atom stereocenters. The largest absolute Gasteiger partial charge is 0.494 e. The van der Waals surface area contributed by atoms with E-state index in [-0.39, 0.29) is 5.97 Å². The van der Waals surface area contributed by atoms with Crippen molar-refractivity contribution in [2.75, 3.05) is 6.61 Å². The first-order valence-electron chi connectivity index (χ1n) is 12.4. The van der Waals surface area contributed by atoms with Gasteiger partial charge in [0, 0.05) is 4.47 Å². The molecule has 0 aliphatic rings. The third kappa shape index (κ3) is 8.02. The first kappa shape index (κ1) is 26.0. The SMILES string of the molecule is CCCCCCOc1ccc(-c2ccc(OC(=O)c3ccc(CCCCC)c(Br)c3)cc2)cc1. The standard InChI is InChI=1S/C30H35BrO3/c1-3-5-7-9-21-33-27-17-13-23(14-18-27)24-15-19-28(20-16-24)34-30(32)26-12-11-25(29(31)22-26)10-8-6-4-2/h11-20,22H,3-10,21H2,1-2H3. The fourth-order valence-corrected chi connectivity index (χ4v) is 4.36. The van der Waals surface area contributed by atoms with Crippen molar-refractivity contribution in [3.8, 4) is 22.6 Å². The van der Waals surface area contributed by atoms with Crippen molar-refractivity contribution in [2.45, 2.75) is 65.2 Å². The van der Waals surface area contributed by atoms with Crippen LogP contribution in [0.5, 0.6) is 11.5 Å². The lowest BCUT2D eigenvalue weighted by molar-refractivity contribution is 0.0734. The molecule has 3 aromatic carbocycles. The highest BCUT2D eigenvalue weighted by atomic mass is 79.9. The van der Waals surface area contributed by atoms with Crippen LogP contribution in [0.1, 0.15) is 74.7 Å². The number of aryl methyl sites for hydroxylation is 1. The van der Waals surface area contributed by atoms with Crippen LogP contribution in [0.3, 0.4) is 0 Å². The molecule has 0 radical (unpaired) electrons. The van der Waals surface area contributed by atoms with Crippen LogP contribution < -0.4 is 9.47 Å². The van der Waals surface area contributed by atoms with Gasteiger partial charge in [-0.2, -0.15) is 0 Å². The lowest BCUT2D eigenvalue weighted by atomic mass is 10.1. The van der Waals surface area contributed by atoms with Crippen molar-refractivity contribution < 1.29 is 14.3 Å². The van der Waals surface area contributed by atoms with Crippen molar-refractivity contribution in [2.24, 2.45) is 0 Å². The van der Waals surface area contributed by atoms with E-state index in [1.165, 1.54) is 37.7 Å². The second-order valence-corrected chi connectivity index (χ2v) is 9.47. The Morgan fingerprint density at radius 1 is 0.735 bits per heavy atom. The molecule has 0 saturated carbocycles. The van der Waals surface area contributed by atoms with Gasteiger partial charge in [0.25, 0.3) is 0 Å². The van der Waals surface area contributed by atoms with Gasteiger partial charge in [0.2, 0.25) is 0 Å². The summed E-state index contributed by atoms with van der Waals surface area (Å²) in [5.74, 6) is 1.08. The zero-order chi connectivity index (χ0) is 24.2. The molecule has 3 aromatic rings. The summed E-state index contributed by atoms with van der Waals surface area (Å²) < 4.78 is 12.4. The molecular formula is C30H35BrO3. The zero-order valence-corrected chi connectivity index (χ0v) is 21.9. The molecule has 0 spiro atoms. The fraction of sp³-hybridized carbons (Fsp3) is 0.367. The van der Waals surface area contributed by atoms with Crippen molar-refractivity contribution >= 4 is 21.9 Å². The van der Waals surface area contributed by atoms with E-state index in [1.807, 2.05) is 54.6 Å². The summed E-state index contributed by atoms with van der Waals surface area (Å²) in [4.78, 5) is 12.6. The van der Waals surface area contributed by atoms with Crippen LogP contribution in [-0.4, -0.2) is 12.6 Å². The Kier molecular flexibility index (Phi) is 10.7. The maximum atomic E-state index is 12.6. The number of rotatable bonds is 13. The quantitative estimate of drug-likeness (QED) is 0.127. The number of hydrogen-bond donors (Lipinski definition) is 0. The highest BCUT2D eigenvalue weighted by molar-refractivity contribution is 9.10. The Labute approximate surface area is 212 Å². The average molecular weight is 524 g/mol. The van der Waals surface area contributed by atoms with Crippen molar-refractivity contribution in [3.05, 3.63) is 82.3 Å². The van der Waals surface area contributed by atoms with Crippen LogP contribution >= 0.6 is 15.9 Å². The van der Waals surface area contributed by atoms with E-state index >= 15 is 0 Å². The first-order chi connectivity index (χ1) is 16.6. The molecule has 34 heavy (non-hydrogen) atoms. The summed E-state index contributed by atoms with van der Waals surface area (Å²) in [5, 5.41) is 0.